The van der Waals surface area contributed by atoms with Crippen molar-refractivity contribution in [3.05, 3.63) is 12.5 Å². The number of aryl methyl sites for hydroxylation is 1. The molecular weight excluding hydrogens is 342 g/mol. The molecule has 2 heterocycles. The number of imidazole rings is 1. The van der Waals surface area contributed by atoms with E-state index in [2.05, 4.69) is 15.0 Å². The predicted molar refractivity (Wildman–Crippen MR) is 92.0 cm³/mol. The lowest BCUT2D eigenvalue weighted by molar-refractivity contribution is -0.142. The standard InChI is InChI=1S/C16H23N5O5/c1-10(2)26-16(23)25-8-12(7-24-11(3)22)4-5-21-9-19-13-6-18-15(17)20-14(13)21/h6,9-10,12H,4-5,7-8H2,1-3H3,(H2,17,18,20). The number of esters is 1. The largest absolute Gasteiger partial charge is 0.508 e. The van der Waals surface area contributed by atoms with Crippen molar-refractivity contribution < 1.29 is 23.8 Å². The van der Waals surface area contributed by atoms with Crippen LogP contribution in [0.2, 0.25) is 0 Å². The maximum Gasteiger partial charge on any atom is 0.508 e. The maximum atomic E-state index is 11.5. The summed E-state index contributed by atoms with van der Waals surface area (Å²) in [6.07, 6.45) is 2.74. The van der Waals surface area contributed by atoms with Gasteiger partial charge in [0.25, 0.3) is 0 Å². The second-order valence-electron chi connectivity index (χ2n) is 6.06. The summed E-state index contributed by atoms with van der Waals surface area (Å²) in [6.45, 7) is 5.52. The zero-order valence-corrected chi connectivity index (χ0v) is 15.0. The van der Waals surface area contributed by atoms with Crippen LogP contribution in [0.4, 0.5) is 10.7 Å². The van der Waals surface area contributed by atoms with Crippen LogP contribution in [0.5, 0.6) is 0 Å². The number of hydrogen-bond acceptors (Lipinski definition) is 9. The van der Waals surface area contributed by atoms with Crippen molar-refractivity contribution >= 4 is 29.2 Å². The Labute approximate surface area is 150 Å². The molecule has 0 fully saturated rings. The molecule has 1 unspecified atom stereocenters. The van der Waals surface area contributed by atoms with Gasteiger partial charge in [0.2, 0.25) is 5.95 Å². The molecule has 0 spiro atoms. The van der Waals surface area contributed by atoms with Crippen molar-refractivity contribution in [2.75, 3.05) is 18.9 Å². The predicted octanol–water partition coefficient (Wildman–Crippen LogP) is 1.54. The number of nitrogens with two attached hydrogens (primary N) is 1. The molecular formula is C16H23N5O5. The Morgan fingerprint density at radius 3 is 2.65 bits per heavy atom. The molecule has 142 valence electrons. The lowest BCUT2D eigenvalue weighted by atomic mass is 10.1. The third kappa shape index (κ3) is 5.87. The van der Waals surface area contributed by atoms with Crippen molar-refractivity contribution in [1.29, 1.82) is 0 Å². The van der Waals surface area contributed by atoms with E-state index in [-0.39, 0.29) is 31.2 Å². The molecule has 0 saturated heterocycles. The normalized spacial score (nSPS) is 12.2. The fourth-order valence-electron chi connectivity index (χ4n) is 2.22. The number of hydrogen-bond donors (Lipinski definition) is 1. The molecule has 2 N–H and O–H groups in total. The van der Waals surface area contributed by atoms with Crippen LogP contribution >= 0.6 is 0 Å². The van der Waals surface area contributed by atoms with Gasteiger partial charge in [0, 0.05) is 19.4 Å². The summed E-state index contributed by atoms with van der Waals surface area (Å²) in [6, 6.07) is 0. The van der Waals surface area contributed by atoms with Gasteiger partial charge in [0.05, 0.1) is 25.2 Å². The van der Waals surface area contributed by atoms with Gasteiger partial charge in [-0.05, 0) is 20.3 Å². The minimum atomic E-state index is -0.749. The molecule has 1 atom stereocenters. The van der Waals surface area contributed by atoms with Gasteiger partial charge in [-0.25, -0.2) is 14.8 Å². The van der Waals surface area contributed by atoms with Crippen molar-refractivity contribution in [3.63, 3.8) is 0 Å². The van der Waals surface area contributed by atoms with Crippen LogP contribution in [-0.4, -0.2) is 51.0 Å². The van der Waals surface area contributed by atoms with Crippen LogP contribution in [0.15, 0.2) is 12.5 Å². The third-order valence-electron chi connectivity index (χ3n) is 3.45. The van der Waals surface area contributed by atoms with Gasteiger partial charge < -0.3 is 24.5 Å². The number of ether oxygens (including phenoxy) is 3. The van der Waals surface area contributed by atoms with Gasteiger partial charge in [-0.3, -0.25) is 4.79 Å². The summed E-state index contributed by atoms with van der Waals surface area (Å²) in [7, 11) is 0. The molecule has 0 aliphatic heterocycles. The van der Waals surface area contributed by atoms with E-state index in [1.54, 1.807) is 26.4 Å². The first-order valence-electron chi connectivity index (χ1n) is 8.25. The van der Waals surface area contributed by atoms with Gasteiger partial charge >= 0.3 is 12.1 Å². The highest BCUT2D eigenvalue weighted by Crippen LogP contribution is 2.14. The van der Waals surface area contributed by atoms with E-state index in [0.717, 1.165) is 0 Å². The smallest absolute Gasteiger partial charge is 0.465 e. The molecule has 0 amide bonds. The van der Waals surface area contributed by atoms with Crippen LogP contribution in [0.3, 0.4) is 0 Å². The number of fused-ring (bicyclic) bond motifs is 1. The summed E-state index contributed by atoms with van der Waals surface area (Å²) >= 11 is 0. The van der Waals surface area contributed by atoms with E-state index in [1.807, 2.05) is 4.57 Å². The van der Waals surface area contributed by atoms with E-state index < -0.39 is 12.1 Å². The summed E-state index contributed by atoms with van der Waals surface area (Å²) in [5.74, 6) is -0.431. The number of aromatic nitrogens is 4. The molecule has 0 saturated carbocycles. The van der Waals surface area contributed by atoms with E-state index >= 15 is 0 Å². The highest BCUT2D eigenvalue weighted by molar-refractivity contribution is 5.70. The fourth-order valence-corrected chi connectivity index (χ4v) is 2.22. The third-order valence-corrected chi connectivity index (χ3v) is 3.45. The summed E-state index contributed by atoms with van der Waals surface area (Å²) in [4.78, 5) is 34.9. The topological polar surface area (TPSA) is 131 Å². The first-order chi connectivity index (χ1) is 12.3. The molecule has 26 heavy (non-hydrogen) atoms. The second kappa shape index (κ2) is 8.97. The number of carbonyl (C=O) groups is 2. The SMILES string of the molecule is CC(=O)OCC(CCn1cnc2cnc(N)nc21)COC(=O)OC(C)C. The highest BCUT2D eigenvalue weighted by atomic mass is 16.7. The lowest BCUT2D eigenvalue weighted by Crippen LogP contribution is -2.23. The molecule has 2 aromatic heterocycles. The van der Waals surface area contributed by atoms with Gasteiger partial charge in [0.1, 0.15) is 12.1 Å². The quantitative estimate of drug-likeness (QED) is 0.692. The molecule has 0 radical (unpaired) electrons. The Morgan fingerprint density at radius 2 is 1.96 bits per heavy atom. The summed E-state index contributed by atoms with van der Waals surface area (Å²) < 4.78 is 16.9. The average molecular weight is 365 g/mol. The molecule has 10 nitrogen and oxygen atoms in total. The Morgan fingerprint density at radius 1 is 1.23 bits per heavy atom. The molecule has 0 bridgehead atoms. The minimum Gasteiger partial charge on any atom is -0.465 e. The highest BCUT2D eigenvalue weighted by Gasteiger charge is 2.16. The van der Waals surface area contributed by atoms with E-state index in [1.165, 1.54) is 6.92 Å². The fraction of sp³-hybridized carbons (Fsp3) is 0.562. The van der Waals surface area contributed by atoms with Crippen molar-refractivity contribution in [3.8, 4) is 0 Å². The van der Waals surface area contributed by atoms with E-state index in [4.69, 9.17) is 19.9 Å². The number of anilines is 1. The van der Waals surface area contributed by atoms with Crippen LogP contribution in [-0.2, 0) is 25.5 Å². The van der Waals surface area contributed by atoms with Crippen LogP contribution in [0.25, 0.3) is 11.2 Å². The number of nitrogen functional groups attached to an aromatic ring is 1. The van der Waals surface area contributed by atoms with Crippen molar-refractivity contribution in [1.82, 2.24) is 19.5 Å². The Bertz CT molecular complexity index is 761. The van der Waals surface area contributed by atoms with Gasteiger partial charge in [-0.1, -0.05) is 0 Å². The second-order valence-corrected chi connectivity index (χ2v) is 6.06. The Hall–Kier alpha value is -2.91. The molecule has 2 aromatic rings. The molecule has 10 heteroatoms. The zero-order valence-electron chi connectivity index (χ0n) is 15.0. The van der Waals surface area contributed by atoms with Gasteiger partial charge in [-0.2, -0.15) is 4.98 Å². The number of rotatable bonds is 8. The van der Waals surface area contributed by atoms with Crippen LogP contribution in [0, 0.1) is 5.92 Å². The molecule has 0 aromatic carbocycles. The minimum absolute atomic E-state index is 0.0720. The zero-order chi connectivity index (χ0) is 19.1. The molecule has 0 aliphatic rings. The van der Waals surface area contributed by atoms with Crippen molar-refractivity contribution in [2.45, 2.75) is 39.8 Å². The lowest BCUT2D eigenvalue weighted by Gasteiger charge is -2.17. The van der Waals surface area contributed by atoms with E-state index in [9.17, 15) is 9.59 Å². The molecule has 2 rings (SSSR count). The first kappa shape index (κ1) is 19.4. The monoisotopic (exact) mass is 365 g/mol. The number of carbonyl (C=O) groups excluding carboxylic acids is 2. The van der Waals surface area contributed by atoms with Gasteiger partial charge in [0.15, 0.2) is 5.65 Å². The number of nitrogens with zero attached hydrogens (tertiary/aromatic N) is 4. The maximum absolute atomic E-state index is 11.5. The van der Waals surface area contributed by atoms with Gasteiger partial charge in [-0.15, -0.1) is 0 Å². The van der Waals surface area contributed by atoms with E-state index in [0.29, 0.717) is 24.1 Å². The Balaban J connectivity index is 1.97. The van der Waals surface area contributed by atoms with Crippen LogP contribution < -0.4 is 5.73 Å². The Kier molecular flexibility index (Phi) is 6.70. The first-order valence-corrected chi connectivity index (χ1v) is 8.25. The molecule has 0 aliphatic carbocycles. The van der Waals surface area contributed by atoms with Crippen LogP contribution in [0.1, 0.15) is 27.2 Å². The summed E-state index contributed by atoms with van der Waals surface area (Å²) in [5.41, 5.74) is 6.86. The average Bonchev–Trinajstić information content (AvgIpc) is 2.95. The summed E-state index contributed by atoms with van der Waals surface area (Å²) in [5, 5.41) is 0. The van der Waals surface area contributed by atoms with Crippen molar-refractivity contribution in [2.24, 2.45) is 5.92 Å².